The van der Waals surface area contributed by atoms with Gasteiger partial charge in [-0.1, -0.05) is 18.9 Å². The Morgan fingerprint density at radius 1 is 1.14 bits per heavy atom. The summed E-state index contributed by atoms with van der Waals surface area (Å²) in [5, 5.41) is 6.85. The number of benzene rings is 1. The molecular formula is C22H32N4O3. The first-order chi connectivity index (χ1) is 14.2. The van der Waals surface area contributed by atoms with Gasteiger partial charge in [0, 0.05) is 45.1 Å². The van der Waals surface area contributed by atoms with Crippen LogP contribution < -0.4 is 20.1 Å². The van der Waals surface area contributed by atoms with Crippen LogP contribution in [0, 0.1) is 5.92 Å². The van der Waals surface area contributed by atoms with E-state index >= 15 is 0 Å². The average Bonchev–Trinajstić information content (AvgIpc) is 3.39. The molecule has 1 amide bonds. The number of hydrogen-bond donors (Lipinski definition) is 2. The van der Waals surface area contributed by atoms with Crippen molar-refractivity contribution in [3.05, 3.63) is 23.8 Å². The zero-order chi connectivity index (χ0) is 20.1. The molecule has 1 unspecified atom stereocenters. The summed E-state index contributed by atoms with van der Waals surface area (Å²) in [5.74, 6) is 2.98. The SMILES string of the molecule is CN=C(NCc1ccc2c(c1)OCCCO2)NC1CCN(C(=O)C2CCCC2)C1. The Morgan fingerprint density at radius 3 is 2.72 bits per heavy atom. The Kier molecular flexibility index (Phi) is 6.42. The largest absolute Gasteiger partial charge is 0.490 e. The molecule has 4 rings (SSSR count). The average molecular weight is 401 g/mol. The Balaban J connectivity index is 1.27. The highest BCUT2D eigenvalue weighted by molar-refractivity contribution is 5.81. The minimum atomic E-state index is 0.246. The lowest BCUT2D eigenvalue weighted by molar-refractivity contribution is -0.134. The van der Waals surface area contributed by atoms with Crippen LogP contribution in [0.3, 0.4) is 0 Å². The quantitative estimate of drug-likeness (QED) is 0.599. The number of rotatable bonds is 4. The topological polar surface area (TPSA) is 75.2 Å². The Hall–Kier alpha value is -2.44. The molecule has 1 saturated carbocycles. The molecule has 0 spiro atoms. The van der Waals surface area contributed by atoms with Crippen LogP contribution in [0.25, 0.3) is 0 Å². The first kappa shape index (κ1) is 19.9. The summed E-state index contributed by atoms with van der Waals surface area (Å²) in [6.07, 6.45) is 6.38. The van der Waals surface area contributed by atoms with Gasteiger partial charge in [-0.05, 0) is 37.0 Å². The number of aliphatic imine (C=N–C) groups is 1. The number of fused-ring (bicyclic) bond motifs is 1. The number of carbonyl (C=O) groups excluding carboxylic acids is 1. The minimum absolute atomic E-state index is 0.246. The third kappa shape index (κ3) is 4.95. The lowest BCUT2D eigenvalue weighted by atomic mass is 10.1. The van der Waals surface area contributed by atoms with Crippen LogP contribution in [0.1, 0.15) is 44.1 Å². The van der Waals surface area contributed by atoms with Gasteiger partial charge >= 0.3 is 0 Å². The van der Waals surface area contributed by atoms with E-state index in [-0.39, 0.29) is 12.0 Å². The molecule has 2 fully saturated rings. The summed E-state index contributed by atoms with van der Waals surface area (Å²) < 4.78 is 11.5. The fourth-order valence-electron chi connectivity index (χ4n) is 4.40. The van der Waals surface area contributed by atoms with E-state index in [1.165, 1.54) is 12.8 Å². The fourth-order valence-corrected chi connectivity index (χ4v) is 4.40. The van der Waals surface area contributed by atoms with Crippen LogP contribution in [0.2, 0.25) is 0 Å². The van der Waals surface area contributed by atoms with Crippen molar-refractivity contribution in [1.82, 2.24) is 15.5 Å². The second kappa shape index (κ2) is 9.37. The first-order valence-electron chi connectivity index (χ1n) is 10.9. The van der Waals surface area contributed by atoms with Gasteiger partial charge in [0.2, 0.25) is 5.91 Å². The molecule has 1 saturated heterocycles. The molecule has 1 atom stereocenters. The number of amides is 1. The van der Waals surface area contributed by atoms with E-state index in [2.05, 4.69) is 15.6 Å². The Bertz CT molecular complexity index is 746. The fraction of sp³-hybridized carbons (Fsp3) is 0.636. The number of nitrogens with one attached hydrogen (secondary N) is 2. The molecule has 1 aliphatic carbocycles. The van der Waals surface area contributed by atoms with Crippen LogP contribution in [-0.4, -0.2) is 56.2 Å². The van der Waals surface area contributed by atoms with Gasteiger partial charge in [0.25, 0.3) is 0 Å². The molecular weight excluding hydrogens is 368 g/mol. The van der Waals surface area contributed by atoms with Gasteiger partial charge in [-0.25, -0.2) is 0 Å². The molecule has 3 aliphatic rings. The summed E-state index contributed by atoms with van der Waals surface area (Å²) >= 11 is 0. The third-order valence-corrected chi connectivity index (χ3v) is 6.04. The molecule has 7 nitrogen and oxygen atoms in total. The van der Waals surface area contributed by atoms with Crippen molar-refractivity contribution in [2.75, 3.05) is 33.4 Å². The predicted octanol–water partition coefficient (Wildman–Crippen LogP) is 2.30. The molecule has 2 heterocycles. The molecule has 1 aromatic rings. The molecule has 7 heteroatoms. The van der Waals surface area contributed by atoms with Gasteiger partial charge in [-0.2, -0.15) is 0 Å². The van der Waals surface area contributed by atoms with Crippen LogP contribution in [-0.2, 0) is 11.3 Å². The number of hydrogen-bond acceptors (Lipinski definition) is 4. The smallest absolute Gasteiger partial charge is 0.225 e. The zero-order valence-corrected chi connectivity index (χ0v) is 17.3. The maximum atomic E-state index is 12.6. The van der Waals surface area contributed by atoms with Gasteiger partial charge < -0.3 is 25.0 Å². The summed E-state index contributed by atoms with van der Waals surface area (Å²) in [7, 11) is 1.78. The van der Waals surface area contributed by atoms with Crippen molar-refractivity contribution < 1.29 is 14.3 Å². The van der Waals surface area contributed by atoms with Crippen LogP contribution in [0.4, 0.5) is 0 Å². The van der Waals surface area contributed by atoms with Crippen molar-refractivity contribution in [2.24, 2.45) is 10.9 Å². The molecule has 0 bridgehead atoms. The normalized spacial score (nSPS) is 22.4. The van der Waals surface area contributed by atoms with Gasteiger partial charge in [0.15, 0.2) is 17.5 Å². The second-order valence-electron chi connectivity index (χ2n) is 8.15. The van der Waals surface area contributed by atoms with Crippen molar-refractivity contribution in [2.45, 2.75) is 51.1 Å². The lowest BCUT2D eigenvalue weighted by Crippen LogP contribution is -2.45. The van der Waals surface area contributed by atoms with Crippen LogP contribution in [0.5, 0.6) is 11.5 Å². The number of guanidine groups is 1. The van der Waals surface area contributed by atoms with Crippen LogP contribution in [0.15, 0.2) is 23.2 Å². The highest BCUT2D eigenvalue weighted by Crippen LogP contribution is 2.30. The number of carbonyl (C=O) groups is 1. The molecule has 0 aromatic heterocycles. The van der Waals surface area contributed by atoms with Gasteiger partial charge in [0.05, 0.1) is 13.2 Å². The van der Waals surface area contributed by atoms with Gasteiger partial charge in [-0.15, -0.1) is 0 Å². The number of ether oxygens (including phenoxy) is 2. The Labute approximate surface area is 172 Å². The minimum Gasteiger partial charge on any atom is -0.490 e. The maximum absolute atomic E-state index is 12.6. The summed E-state index contributed by atoms with van der Waals surface area (Å²) in [6.45, 7) is 3.63. The second-order valence-corrected chi connectivity index (χ2v) is 8.15. The van der Waals surface area contributed by atoms with E-state index in [4.69, 9.17) is 9.47 Å². The van der Waals surface area contributed by atoms with E-state index in [1.54, 1.807) is 7.05 Å². The zero-order valence-electron chi connectivity index (χ0n) is 17.3. The predicted molar refractivity (Wildman–Crippen MR) is 112 cm³/mol. The molecule has 29 heavy (non-hydrogen) atoms. The van der Waals surface area contributed by atoms with E-state index in [0.29, 0.717) is 25.7 Å². The van der Waals surface area contributed by atoms with Crippen molar-refractivity contribution in [3.8, 4) is 11.5 Å². The molecule has 0 radical (unpaired) electrons. The van der Waals surface area contributed by atoms with Crippen molar-refractivity contribution >= 4 is 11.9 Å². The summed E-state index contributed by atoms with van der Waals surface area (Å²) in [6, 6.07) is 6.29. The van der Waals surface area contributed by atoms with Gasteiger partial charge in [-0.3, -0.25) is 9.79 Å². The first-order valence-corrected chi connectivity index (χ1v) is 10.9. The standard InChI is InChI=1S/C22H32N4O3/c1-23-22(24-14-16-7-8-19-20(13-16)29-12-4-11-28-19)25-18-9-10-26(15-18)21(27)17-5-2-3-6-17/h7-8,13,17-18H,2-6,9-12,14-15H2,1H3,(H2,23,24,25). The maximum Gasteiger partial charge on any atom is 0.225 e. The van der Waals surface area contributed by atoms with Crippen LogP contribution >= 0.6 is 0 Å². The highest BCUT2D eigenvalue weighted by Gasteiger charge is 2.32. The van der Waals surface area contributed by atoms with E-state index in [9.17, 15) is 4.79 Å². The van der Waals surface area contributed by atoms with Crippen molar-refractivity contribution in [1.29, 1.82) is 0 Å². The summed E-state index contributed by atoms with van der Waals surface area (Å²) in [4.78, 5) is 19.0. The van der Waals surface area contributed by atoms with Crippen molar-refractivity contribution in [3.63, 3.8) is 0 Å². The number of likely N-dealkylation sites (tertiary alicyclic amines) is 1. The Morgan fingerprint density at radius 2 is 1.93 bits per heavy atom. The molecule has 1 aromatic carbocycles. The number of nitrogens with zero attached hydrogens (tertiary/aromatic N) is 2. The molecule has 158 valence electrons. The molecule has 2 N–H and O–H groups in total. The highest BCUT2D eigenvalue weighted by atomic mass is 16.5. The van der Waals surface area contributed by atoms with E-state index in [0.717, 1.165) is 61.8 Å². The van der Waals surface area contributed by atoms with Gasteiger partial charge in [0.1, 0.15) is 0 Å². The lowest BCUT2D eigenvalue weighted by Gasteiger charge is -2.21. The summed E-state index contributed by atoms with van der Waals surface area (Å²) in [5.41, 5.74) is 1.11. The monoisotopic (exact) mass is 400 g/mol. The molecule has 2 aliphatic heterocycles. The third-order valence-electron chi connectivity index (χ3n) is 6.04. The van der Waals surface area contributed by atoms with E-state index < -0.39 is 0 Å². The van der Waals surface area contributed by atoms with E-state index in [1.807, 2.05) is 23.1 Å².